The SMILES string of the molecule is O[C@@]1(c2ccccc2)CCN(Cc2nccn2Cc2ccccc2)C1. The highest BCUT2D eigenvalue weighted by molar-refractivity contribution is 5.24. The molecule has 2 heterocycles. The summed E-state index contributed by atoms with van der Waals surface area (Å²) in [6, 6.07) is 20.4. The fourth-order valence-electron chi connectivity index (χ4n) is 3.61. The van der Waals surface area contributed by atoms with Crippen molar-refractivity contribution in [2.45, 2.75) is 25.1 Å². The first-order chi connectivity index (χ1) is 12.2. The molecule has 4 rings (SSSR count). The average molecular weight is 333 g/mol. The molecule has 4 nitrogen and oxygen atoms in total. The zero-order valence-corrected chi connectivity index (χ0v) is 14.3. The van der Waals surface area contributed by atoms with Gasteiger partial charge in [0.2, 0.25) is 0 Å². The fourth-order valence-corrected chi connectivity index (χ4v) is 3.61. The quantitative estimate of drug-likeness (QED) is 0.780. The van der Waals surface area contributed by atoms with Gasteiger partial charge in [0.25, 0.3) is 0 Å². The summed E-state index contributed by atoms with van der Waals surface area (Å²) in [6.07, 6.45) is 4.65. The van der Waals surface area contributed by atoms with Crippen LogP contribution in [0.3, 0.4) is 0 Å². The van der Waals surface area contributed by atoms with E-state index in [-0.39, 0.29) is 0 Å². The lowest BCUT2D eigenvalue weighted by Crippen LogP contribution is -2.31. The van der Waals surface area contributed by atoms with Crippen molar-refractivity contribution in [3.63, 3.8) is 0 Å². The molecule has 0 aliphatic carbocycles. The Labute approximate surface area is 148 Å². The predicted molar refractivity (Wildman–Crippen MR) is 98.0 cm³/mol. The van der Waals surface area contributed by atoms with Gasteiger partial charge >= 0.3 is 0 Å². The van der Waals surface area contributed by atoms with Gasteiger partial charge in [-0.1, -0.05) is 60.7 Å². The van der Waals surface area contributed by atoms with Gasteiger partial charge in [-0.25, -0.2) is 4.98 Å². The van der Waals surface area contributed by atoms with Crippen molar-refractivity contribution in [3.05, 3.63) is 90.0 Å². The van der Waals surface area contributed by atoms with Crippen LogP contribution in [0.15, 0.2) is 73.1 Å². The van der Waals surface area contributed by atoms with Crippen molar-refractivity contribution >= 4 is 0 Å². The third-order valence-electron chi connectivity index (χ3n) is 5.00. The number of rotatable bonds is 5. The van der Waals surface area contributed by atoms with Gasteiger partial charge in [-0.3, -0.25) is 4.90 Å². The minimum Gasteiger partial charge on any atom is -0.384 e. The number of nitrogens with zero attached hydrogens (tertiary/aromatic N) is 3. The Balaban J connectivity index is 1.45. The molecule has 1 atom stereocenters. The number of aliphatic hydroxyl groups is 1. The number of imidazole rings is 1. The van der Waals surface area contributed by atoms with Gasteiger partial charge in [0.1, 0.15) is 11.4 Å². The van der Waals surface area contributed by atoms with Gasteiger partial charge in [-0.2, -0.15) is 0 Å². The molecule has 3 aromatic rings. The van der Waals surface area contributed by atoms with Crippen molar-refractivity contribution in [1.29, 1.82) is 0 Å². The molecule has 1 fully saturated rings. The highest BCUT2D eigenvalue weighted by Crippen LogP contribution is 2.32. The summed E-state index contributed by atoms with van der Waals surface area (Å²) in [7, 11) is 0. The summed E-state index contributed by atoms with van der Waals surface area (Å²) < 4.78 is 2.19. The second-order valence-corrected chi connectivity index (χ2v) is 6.82. The maximum absolute atomic E-state index is 11.0. The highest BCUT2D eigenvalue weighted by atomic mass is 16.3. The molecule has 128 valence electrons. The van der Waals surface area contributed by atoms with Crippen LogP contribution in [0, 0.1) is 0 Å². The second kappa shape index (κ2) is 6.82. The Morgan fingerprint density at radius 1 is 0.960 bits per heavy atom. The Morgan fingerprint density at radius 3 is 2.44 bits per heavy atom. The van der Waals surface area contributed by atoms with Gasteiger partial charge in [-0.15, -0.1) is 0 Å². The third kappa shape index (κ3) is 3.50. The van der Waals surface area contributed by atoms with E-state index in [1.807, 2.05) is 48.8 Å². The molecule has 2 aromatic carbocycles. The molecule has 1 aliphatic rings. The van der Waals surface area contributed by atoms with Crippen molar-refractivity contribution in [2.24, 2.45) is 0 Å². The van der Waals surface area contributed by atoms with Crippen LogP contribution < -0.4 is 0 Å². The molecule has 0 bridgehead atoms. The standard InChI is InChI=1S/C21H23N3O/c25-21(19-9-5-2-6-10-19)11-13-23(17-21)16-20-22-12-14-24(20)15-18-7-3-1-4-8-18/h1-10,12,14,25H,11,13,15-17H2/t21-/m0/s1. The minimum absolute atomic E-state index is 0.648. The summed E-state index contributed by atoms with van der Waals surface area (Å²) >= 11 is 0. The second-order valence-electron chi connectivity index (χ2n) is 6.82. The van der Waals surface area contributed by atoms with Gasteiger partial charge in [0.15, 0.2) is 0 Å². The third-order valence-corrected chi connectivity index (χ3v) is 5.00. The molecule has 0 amide bonds. The van der Waals surface area contributed by atoms with E-state index >= 15 is 0 Å². The predicted octanol–water partition coefficient (Wildman–Crippen LogP) is 3.02. The zero-order valence-electron chi connectivity index (χ0n) is 14.3. The fraction of sp³-hybridized carbons (Fsp3) is 0.286. The monoisotopic (exact) mass is 333 g/mol. The first-order valence-corrected chi connectivity index (χ1v) is 8.77. The number of β-amino-alcohol motifs (C(OH)–C–C–N with tert-alkyl or cyclic N) is 1. The van der Waals surface area contributed by atoms with E-state index in [2.05, 4.69) is 38.7 Å². The molecule has 0 saturated carbocycles. The Bertz CT molecular complexity index is 815. The lowest BCUT2D eigenvalue weighted by molar-refractivity contribution is 0.0449. The smallest absolute Gasteiger partial charge is 0.123 e. The maximum atomic E-state index is 11.0. The molecule has 0 radical (unpaired) electrons. The van der Waals surface area contributed by atoms with E-state index in [0.717, 1.165) is 37.4 Å². The summed E-state index contributed by atoms with van der Waals surface area (Å²) in [5.41, 5.74) is 1.52. The van der Waals surface area contributed by atoms with Crippen molar-refractivity contribution in [3.8, 4) is 0 Å². The first kappa shape index (κ1) is 16.1. The van der Waals surface area contributed by atoms with Crippen molar-refractivity contribution < 1.29 is 5.11 Å². The summed E-state index contributed by atoms with van der Waals surface area (Å²) in [6.45, 7) is 3.11. The van der Waals surface area contributed by atoms with Crippen LogP contribution in [0.4, 0.5) is 0 Å². The number of likely N-dealkylation sites (tertiary alicyclic amines) is 1. The van der Waals surface area contributed by atoms with E-state index in [1.165, 1.54) is 5.56 Å². The van der Waals surface area contributed by atoms with Crippen LogP contribution in [0.25, 0.3) is 0 Å². The molecule has 1 saturated heterocycles. The first-order valence-electron chi connectivity index (χ1n) is 8.77. The van der Waals surface area contributed by atoms with E-state index in [9.17, 15) is 5.11 Å². The summed E-state index contributed by atoms with van der Waals surface area (Å²) in [4.78, 5) is 6.82. The number of benzene rings is 2. The minimum atomic E-state index is -0.752. The topological polar surface area (TPSA) is 41.3 Å². The van der Waals surface area contributed by atoms with Crippen LogP contribution in [-0.4, -0.2) is 32.6 Å². The van der Waals surface area contributed by atoms with Crippen LogP contribution in [0.2, 0.25) is 0 Å². The number of hydrogen-bond acceptors (Lipinski definition) is 3. The molecule has 0 unspecified atom stereocenters. The van der Waals surface area contributed by atoms with Gasteiger partial charge in [0, 0.05) is 32.0 Å². The van der Waals surface area contributed by atoms with E-state index in [1.54, 1.807) is 0 Å². The van der Waals surface area contributed by atoms with Crippen LogP contribution in [-0.2, 0) is 18.7 Å². The molecular formula is C21H23N3O. The molecule has 25 heavy (non-hydrogen) atoms. The van der Waals surface area contributed by atoms with E-state index in [4.69, 9.17) is 0 Å². The number of hydrogen-bond donors (Lipinski definition) is 1. The van der Waals surface area contributed by atoms with Gasteiger partial charge in [-0.05, 0) is 17.5 Å². The largest absolute Gasteiger partial charge is 0.384 e. The molecule has 1 N–H and O–H groups in total. The maximum Gasteiger partial charge on any atom is 0.123 e. The van der Waals surface area contributed by atoms with Crippen LogP contribution in [0.5, 0.6) is 0 Å². The van der Waals surface area contributed by atoms with E-state index in [0.29, 0.717) is 6.54 Å². The van der Waals surface area contributed by atoms with Gasteiger partial charge in [0.05, 0.1) is 6.54 Å². The zero-order chi connectivity index (χ0) is 17.1. The highest BCUT2D eigenvalue weighted by Gasteiger charge is 2.37. The Kier molecular flexibility index (Phi) is 4.38. The molecule has 1 aliphatic heterocycles. The molecule has 1 aromatic heterocycles. The Hall–Kier alpha value is -2.43. The Morgan fingerprint density at radius 2 is 1.68 bits per heavy atom. The van der Waals surface area contributed by atoms with E-state index < -0.39 is 5.60 Å². The number of aromatic nitrogens is 2. The van der Waals surface area contributed by atoms with Crippen molar-refractivity contribution in [1.82, 2.24) is 14.5 Å². The van der Waals surface area contributed by atoms with Crippen LogP contribution >= 0.6 is 0 Å². The summed E-state index contributed by atoms with van der Waals surface area (Å²) in [5, 5.41) is 11.0. The molecule has 4 heteroatoms. The summed E-state index contributed by atoms with van der Waals surface area (Å²) in [5.74, 6) is 1.04. The van der Waals surface area contributed by atoms with Crippen molar-refractivity contribution in [2.75, 3.05) is 13.1 Å². The molecule has 0 spiro atoms. The lowest BCUT2D eigenvalue weighted by Gasteiger charge is -2.24. The average Bonchev–Trinajstić information content (AvgIpc) is 3.25. The normalized spacial score (nSPS) is 20.8. The lowest BCUT2D eigenvalue weighted by atomic mass is 9.93. The van der Waals surface area contributed by atoms with Crippen LogP contribution in [0.1, 0.15) is 23.4 Å². The van der Waals surface area contributed by atoms with Gasteiger partial charge < -0.3 is 9.67 Å². The molecular weight excluding hydrogens is 310 g/mol.